The Morgan fingerprint density at radius 3 is 2.05 bits per heavy atom. The second-order valence-electron chi connectivity index (χ2n) is 4.97. The van der Waals surface area contributed by atoms with E-state index in [1.807, 2.05) is 0 Å². The molecule has 0 bridgehead atoms. The number of rotatable bonds is 10. The second-order valence-corrected chi connectivity index (χ2v) is 4.97. The quantitative estimate of drug-likeness (QED) is 0.347. The molecule has 0 aromatic carbocycles. The van der Waals surface area contributed by atoms with Gasteiger partial charge >= 0.3 is 5.97 Å². The van der Waals surface area contributed by atoms with Crippen LogP contribution in [0.25, 0.3) is 0 Å². The number of hydrogen-bond donors (Lipinski definition) is 0. The van der Waals surface area contributed by atoms with E-state index in [1.54, 1.807) is 14.2 Å². The van der Waals surface area contributed by atoms with Gasteiger partial charge in [0.25, 0.3) is 0 Å². The molecule has 0 heterocycles. The Bertz CT molecular complexity index is 271. The minimum atomic E-state index is -0.474. The van der Waals surface area contributed by atoms with Crippen molar-refractivity contribution in [1.82, 2.24) is 0 Å². The van der Waals surface area contributed by atoms with E-state index in [9.17, 15) is 9.59 Å². The van der Waals surface area contributed by atoms with Crippen molar-refractivity contribution >= 4 is 11.8 Å². The topological polar surface area (TPSA) is 61.8 Å². The fraction of sp³-hybridized carbons (Fsp3) is 0.857. The van der Waals surface area contributed by atoms with E-state index in [2.05, 4.69) is 18.6 Å². The molecule has 0 saturated heterocycles. The van der Waals surface area contributed by atoms with E-state index in [0.29, 0.717) is 18.3 Å². The Morgan fingerprint density at radius 1 is 1.05 bits per heavy atom. The van der Waals surface area contributed by atoms with E-state index >= 15 is 0 Å². The predicted molar refractivity (Wildman–Crippen MR) is 71.6 cm³/mol. The van der Waals surface area contributed by atoms with Crippen LogP contribution >= 0.6 is 0 Å². The van der Waals surface area contributed by atoms with Gasteiger partial charge in [-0.1, -0.05) is 13.8 Å². The predicted octanol–water partition coefficient (Wildman–Crippen LogP) is 2.18. The van der Waals surface area contributed by atoms with Crippen molar-refractivity contribution in [3.63, 3.8) is 0 Å². The van der Waals surface area contributed by atoms with Crippen molar-refractivity contribution < 1.29 is 23.8 Å². The lowest BCUT2D eigenvalue weighted by atomic mass is 9.87. The number of carbonyl (C=O) groups is 2. The maximum atomic E-state index is 11.6. The summed E-state index contributed by atoms with van der Waals surface area (Å²) in [4.78, 5) is 22.6. The molecule has 5 heteroatoms. The molecule has 0 aromatic rings. The van der Waals surface area contributed by atoms with E-state index < -0.39 is 5.97 Å². The highest BCUT2D eigenvalue weighted by atomic mass is 16.7. The molecular formula is C14H26O5. The molecule has 0 radical (unpaired) electrons. The van der Waals surface area contributed by atoms with Crippen molar-refractivity contribution in [2.45, 2.75) is 45.8 Å². The van der Waals surface area contributed by atoms with Gasteiger partial charge in [-0.2, -0.15) is 0 Å². The Balaban J connectivity index is 4.21. The Hall–Kier alpha value is -0.940. The molecule has 5 nitrogen and oxygen atoms in total. The third-order valence-corrected chi connectivity index (χ3v) is 3.33. The monoisotopic (exact) mass is 274 g/mol. The fourth-order valence-electron chi connectivity index (χ4n) is 1.93. The first-order chi connectivity index (χ1) is 8.94. The maximum absolute atomic E-state index is 11.6. The van der Waals surface area contributed by atoms with Gasteiger partial charge in [-0.15, -0.1) is 0 Å². The summed E-state index contributed by atoms with van der Waals surface area (Å²) in [6.07, 6.45) is 1.48. The van der Waals surface area contributed by atoms with Crippen molar-refractivity contribution in [3.05, 3.63) is 0 Å². The number of hydrogen-bond acceptors (Lipinski definition) is 5. The zero-order chi connectivity index (χ0) is 14.8. The average Bonchev–Trinajstić information content (AvgIpc) is 2.38. The largest absolute Gasteiger partial charge is 0.469 e. The molecule has 0 N–H and O–H groups in total. The fourth-order valence-corrected chi connectivity index (χ4v) is 1.93. The molecule has 0 fully saturated rings. The normalized spacial score (nSPS) is 12.8. The molecule has 0 aliphatic heterocycles. The van der Waals surface area contributed by atoms with Crippen LogP contribution in [0.1, 0.15) is 39.5 Å². The SMILES string of the molecule is COC(=O)CC(=O)CC[C@H](CC(OC)OC)C(C)C. The third kappa shape index (κ3) is 7.95. The zero-order valence-corrected chi connectivity index (χ0v) is 12.6. The van der Waals surface area contributed by atoms with Gasteiger partial charge in [0.2, 0.25) is 0 Å². The summed E-state index contributed by atoms with van der Waals surface area (Å²) in [6, 6.07) is 0. The average molecular weight is 274 g/mol. The third-order valence-electron chi connectivity index (χ3n) is 3.33. The molecule has 0 rings (SSSR count). The van der Waals surface area contributed by atoms with Crippen molar-refractivity contribution in [2.75, 3.05) is 21.3 Å². The highest BCUT2D eigenvalue weighted by Gasteiger charge is 2.20. The van der Waals surface area contributed by atoms with E-state index in [-0.39, 0.29) is 18.5 Å². The lowest BCUT2D eigenvalue weighted by Gasteiger charge is -2.24. The molecule has 0 amide bonds. The van der Waals surface area contributed by atoms with Crippen molar-refractivity contribution in [2.24, 2.45) is 11.8 Å². The minimum Gasteiger partial charge on any atom is -0.469 e. The molecule has 1 atom stereocenters. The smallest absolute Gasteiger partial charge is 0.313 e. The molecule has 0 aliphatic rings. The van der Waals surface area contributed by atoms with Crippen molar-refractivity contribution in [1.29, 1.82) is 0 Å². The summed E-state index contributed by atoms with van der Waals surface area (Å²) >= 11 is 0. The van der Waals surface area contributed by atoms with Crippen LogP contribution in [0, 0.1) is 11.8 Å². The molecule has 0 aliphatic carbocycles. The van der Waals surface area contributed by atoms with Gasteiger partial charge in [-0.05, 0) is 18.3 Å². The summed E-state index contributed by atoms with van der Waals surface area (Å²) in [7, 11) is 4.50. The number of carbonyl (C=O) groups excluding carboxylic acids is 2. The Kier molecular flexibility index (Phi) is 9.43. The second kappa shape index (κ2) is 9.92. The molecule has 0 saturated carbocycles. The van der Waals surface area contributed by atoms with Crippen LogP contribution in [0.3, 0.4) is 0 Å². The molecule has 0 spiro atoms. The van der Waals surface area contributed by atoms with Crippen LogP contribution < -0.4 is 0 Å². The van der Waals surface area contributed by atoms with Gasteiger partial charge in [-0.25, -0.2) is 0 Å². The standard InChI is InChI=1S/C14H26O5/c1-10(2)11(8-14(18-4)19-5)6-7-12(15)9-13(16)17-3/h10-11,14H,6-9H2,1-5H3/t11-/m1/s1. The molecule has 0 aromatic heterocycles. The summed E-state index contributed by atoms with van der Waals surface area (Å²) in [5.41, 5.74) is 0. The van der Waals surface area contributed by atoms with E-state index in [0.717, 1.165) is 12.8 Å². The van der Waals surface area contributed by atoms with Crippen LogP contribution in [0.5, 0.6) is 0 Å². The number of ether oxygens (including phenoxy) is 3. The first-order valence-electron chi connectivity index (χ1n) is 6.58. The number of Topliss-reactive ketones (excluding diaryl/α,β-unsaturated/α-hetero) is 1. The molecular weight excluding hydrogens is 248 g/mol. The lowest BCUT2D eigenvalue weighted by Crippen LogP contribution is -2.22. The van der Waals surface area contributed by atoms with Crippen LogP contribution in [-0.2, 0) is 23.8 Å². The zero-order valence-electron chi connectivity index (χ0n) is 12.6. The summed E-state index contributed by atoms with van der Waals surface area (Å²) in [5.74, 6) is 0.201. The summed E-state index contributed by atoms with van der Waals surface area (Å²) in [5, 5.41) is 0. The highest BCUT2D eigenvalue weighted by molar-refractivity contribution is 5.95. The van der Waals surface area contributed by atoms with E-state index in [4.69, 9.17) is 9.47 Å². The Labute approximate surface area is 115 Å². The van der Waals surface area contributed by atoms with Gasteiger partial charge < -0.3 is 14.2 Å². The first-order valence-corrected chi connectivity index (χ1v) is 6.58. The van der Waals surface area contributed by atoms with Crippen LogP contribution in [0.15, 0.2) is 0 Å². The molecule has 0 unspecified atom stereocenters. The molecule has 112 valence electrons. The van der Waals surface area contributed by atoms with Gasteiger partial charge in [-0.3, -0.25) is 9.59 Å². The van der Waals surface area contributed by atoms with Crippen LogP contribution in [-0.4, -0.2) is 39.4 Å². The molecule has 19 heavy (non-hydrogen) atoms. The summed E-state index contributed by atoms with van der Waals surface area (Å²) in [6.45, 7) is 4.22. The Morgan fingerprint density at radius 2 is 1.63 bits per heavy atom. The lowest BCUT2D eigenvalue weighted by molar-refractivity contribution is -0.143. The number of ketones is 1. The van der Waals surface area contributed by atoms with Gasteiger partial charge in [0.05, 0.1) is 7.11 Å². The van der Waals surface area contributed by atoms with Gasteiger partial charge in [0, 0.05) is 27.1 Å². The van der Waals surface area contributed by atoms with Crippen molar-refractivity contribution in [3.8, 4) is 0 Å². The van der Waals surface area contributed by atoms with E-state index in [1.165, 1.54) is 7.11 Å². The highest BCUT2D eigenvalue weighted by Crippen LogP contribution is 2.24. The maximum Gasteiger partial charge on any atom is 0.313 e. The summed E-state index contributed by atoms with van der Waals surface area (Å²) < 4.78 is 14.8. The van der Waals surface area contributed by atoms with Gasteiger partial charge in [0.1, 0.15) is 12.2 Å². The number of esters is 1. The van der Waals surface area contributed by atoms with Crippen LogP contribution in [0.4, 0.5) is 0 Å². The minimum absolute atomic E-state index is 0.0797. The first kappa shape index (κ1) is 18.1. The van der Waals surface area contributed by atoms with Gasteiger partial charge in [0.15, 0.2) is 6.29 Å². The number of methoxy groups -OCH3 is 3. The van der Waals surface area contributed by atoms with Crippen LogP contribution in [0.2, 0.25) is 0 Å².